The Labute approximate surface area is 398 Å². The number of benzene rings is 3. The molecule has 68 heavy (non-hydrogen) atoms. The van der Waals surface area contributed by atoms with Gasteiger partial charge in [-0.05, 0) is 84.1 Å². The molecule has 3 heterocycles. The van der Waals surface area contributed by atoms with Gasteiger partial charge in [0.2, 0.25) is 38.7 Å². The average Bonchev–Trinajstić information content (AvgIpc) is 4.13. The number of amides is 3. The molecule has 4 fully saturated rings. The van der Waals surface area contributed by atoms with Gasteiger partial charge >= 0.3 is 6.09 Å². The predicted octanol–water partition coefficient (Wildman–Crippen LogP) is 6.52. The number of nitrogens with one attached hydrogen (secondary N) is 2. The van der Waals surface area contributed by atoms with Gasteiger partial charge in [0, 0.05) is 43.7 Å². The highest BCUT2D eigenvalue weighted by atomic mass is 32.2. The van der Waals surface area contributed by atoms with Crippen LogP contribution in [0, 0.1) is 28.6 Å². The van der Waals surface area contributed by atoms with Crippen LogP contribution in [0.15, 0.2) is 59.5 Å². The third kappa shape index (κ3) is 9.61. The number of hydrogen-bond acceptors (Lipinski definition) is 12. The van der Waals surface area contributed by atoms with E-state index in [2.05, 4.69) is 9.44 Å². The summed E-state index contributed by atoms with van der Waals surface area (Å²) in [4.78, 5) is 75.6. The molecule has 18 heteroatoms. The number of rotatable bonds is 16. The number of carbonyl (C=O) groups excluding carboxylic acids is 5. The second-order valence-corrected chi connectivity index (χ2v) is 24.6. The largest absolute Gasteiger partial charge is 0.454 e. The molecule has 2 N–H and O–H groups in total. The molecule has 6 aliphatic rings. The zero-order valence-corrected chi connectivity index (χ0v) is 40.8. The smallest absolute Gasteiger partial charge is 0.410 e. The Hall–Kier alpha value is -5.07. The van der Waals surface area contributed by atoms with Gasteiger partial charge in [0.1, 0.15) is 6.10 Å². The summed E-state index contributed by atoms with van der Waals surface area (Å²) in [7, 11) is -8.15. The Balaban J connectivity index is 0.981. The number of Topliss-reactive ketones (excluding diaryl/α,β-unsaturated/α-hetero) is 2. The van der Waals surface area contributed by atoms with Gasteiger partial charge in [-0.3, -0.25) is 28.8 Å². The third-order valence-electron chi connectivity index (χ3n) is 15.3. The molecule has 0 spiro atoms. The standard InChI is InChI=1S/C50H62N4O12S2/c1-5-34-24-50(34,47(58)52-67(60,61)36-18-19-36)25-41(56)39-22-35(66-48(59)53-26-32-20-42-43(65-29-64-42)21-33(32)27-53)28-54(39)46(57)38(49(2,3)4)23-40(55)45(31-13-7-6-8-14-31)51-68(62,63)44-17-11-15-30-12-9-10-16-37(30)44/h9-12,15-17,20-21,31,34-36,38-39,45,51H,5-8,13-14,18-19,22-29H2,1-4H3,(H,52,58)/t34-,35+,38+,39?,45-,50-/m0/s1. The third-order valence-corrected chi connectivity index (χ3v) is 18.6. The van der Waals surface area contributed by atoms with Gasteiger partial charge in [0.25, 0.3) is 0 Å². The van der Waals surface area contributed by atoms with Crippen molar-refractivity contribution in [1.29, 1.82) is 0 Å². The molecule has 1 unspecified atom stereocenters. The number of nitrogens with zero attached hydrogens (tertiary/aromatic N) is 2. The lowest BCUT2D eigenvalue weighted by molar-refractivity contribution is -0.146. The first kappa shape index (κ1) is 48.0. The van der Waals surface area contributed by atoms with E-state index in [1.54, 1.807) is 18.2 Å². The monoisotopic (exact) mass is 974 g/mol. The SMILES string of the molecule is CC[C@H]1C[C@@]1(CC(=O)C1C[C@@H](OC(=O)N2Cc3cc4c(cc3C2)OCO4)CN1C(=O)[C@@H](CC(=O)[C@@H](NS(=O)(=O)c1cccc2ccccc12)C1CCCCC1)C(C)(C)C)C(=O)NS(=O)(=O)C1CC1. The highest BCUT2D eigenvalue weighted by molar-refractivity contribution is 7.91. The van der Waals surface area contributed by atoms with Crippen LogP contribution in [0.5, 0.6) is 11.5 Å². The molecule has 3 aliphatic carbocycles. The van der Waals surface area contributed by atoms with Crippen LogP contribution in [0.4, 0.5) is 4.79 Å². The van der Waals surface area contributed by atoms with Gasteiger partial charge in [0.15, 0.2) is 23.1 Å². The molecule has 9 rings (SSSR count). The molecule has 0 radical (unpaired) electrons. The Morgan fingerprint density at radius 3 is 2.18 bits per heavy atom. The average molecular weight is 975 g/mol. The van der Waals surface area contributed by atoms with Crippen LogP contribution >= 0.6 is 0 Å². The van der Waals surface area contributed by atoms with Crippen LogP contribution in [0.2, 0.25) is 0 Å². The molecule has 1 saturated heterocycles. The first-order valence-corrected chi connectivity index (χ1v) is 27.1. The minimum absolute atomic E-state index is 0.0498. The van der Waals surface area contributed by atoms with Crippen molar-refractivity contribution < 1.29 is 55.0 Å². The van der Waals surface area contributed by atoms with Crippen molar-refractivity contribution in [2.45, 2.75) is 146 Å². The van der Waals surface area contributed by atoms with Crippen LogP contribution < -0.4 is 18.9 Å². The van der Waals surface area contributed by atoms with Gasteiger partial charge in [-0.1, -0.05) is 89.8 Å². The van der Waals surface area contributed by atoms with E-state index in [9.17, 15) is 36.0 Å². The van der Waals surface area contributed by atoms with Crippen LogP contribution in [-0.4, -0.2) is 92.9 Å². The maximum Gasteiger partial charge on any atom is 0.410 e. The first-order valence-electron chi connectivity index (χ1n) is 24.1. The van der Waals surface area contributed by atoms with Crippen molar-refractivity contribution in [2.75, 3.05) is 13.3 Å². The van der Waals surface area contributed by atoms with Gasteiger partial charge in [-0.15, -0.1) is 0 Å². The Bertz CT molecular complexity index is 2710. The molecule has 3 aromatic carbocycles. The lowest BCUT2D eigenvalue weighted by Crippen LogP contribution is -2.51. The van der Waals surface area contributed by atoms with Crippen molar-refractivity contribution in [3.05, 3.63) is 65.7 Å². The lowest BCUT2D eigenvalue weighted by Gasteiger charge is -2.36. The minimum atomic E-state index is -4.24. The van der Waals surface area contributed by atoms with Gasteiger partial charge in [0.05, 0.1) is 34.2 Å². The van der Waals surface area contributed by atoms with Crippen molar-refractivity contribution in [3.63, 3.8) is 0 Å². The minimum Gasteiger partial charge on any atom is -0.454 e. The van der Waals surface area contributed by atoms with Crippen molar-refractivity contribution in [2.24, 2.45) is 28.6 Å². The quantitative estimate of drug-likeness (QED) is 0.157. The number of likely N-dealkylation sites (tertiary alicyclic amines) is 1. The molecule has 3 aliphatic heterocycles. The summed E-state index contributed by atoms with van der Waals surface area (Å²) >= 11 is 0. The normalized spacial score (nSPS) is 24.6. The number of ether oxygens (including phenoxy) is 3. The Morgan fingerprint density at radius 1 is 0.882 bits per heavy atom. The van der Waals surface area contributed by atoms with E-state index < -0.39 is 89.7 Å². The summed E-state index contributed by atoms with van der Waals surface area (Å²) < 4.78 is 76.7. The van der Waals surface area contributed by atoms with Gasteiger partial charge < -0.3 is 19.1 Å². The molecule has 3 saturated carbocycles. The van der Waals surface area contributed by atoms with E-state index in [-0.39, 0.29) is 62.4 Å². The summed E-state index contributed by atoms with van der Waals surface area (Å²) in [5.41, 5.74) is -0.431. The van der Waals surface area contributed by atoms with Crippen molar-refractivity contribution in [3.8, 4) is 11.5 Å². The summed E-state index contributed by atoms with van der Waals surface area (Å²) in [5, 5.41) is 0.598. The molecule has 3 amide bonds. The van der Waals surface area contributed by atoms with Crippen molar-refractivity contribution in [1.82, 2.24) is 19.2 Å². The van der Waals surface area contributed by atoms with Gasteiger partial charge in [-0.25, -0.2) is 26.4 Å². The topological polar surface area (TPSA) is 212 Å². The van der Waals surface area contributed by atoms with E-state index in [1.807, 2.05) is 58.0 Å². The molecule has 16 nitrogen and oxygen atoms in total. The second-order valence-electron chi connectivity index (χ2n) is 20.9. The molecular weight excluding hydrogens is 913 g/mol. The second kappa shape index (κ2) is 18.4. The molecule has 6 atom stereocenters. The summed E-state index contributed by atoms with van der Waals surface area (Å²) in [6.45, 7) is 7.73. The van der Waals surface area contributed by atoms with E-state index in [0.717, 1.165) is 35.8 Å². The van der Waals surface area contributed by atoms with Gasteiger partial charge in [-0.2, -0.15) is 0 Å². The molecule has 0 aromatic heterocycles. The highest BCUT2D eigenvalue weighted by Gasteiger charge is 2.62. The molecule has 366 valence electrons. The number of sulfonamides is 2. The van der Waals surface area contributed by atoms with E-state index in [4.69, 9.17) is 14.2 Å². The number of fused-ring (bicyclic) bond motifs is 3. The zero-order chi connectivity index (χ0) is 48.3. The molecular formula is C50H62N4O12S2. The number of ketones is 2. The molecule has 3 aromatic rings. The van der Waals surface area contributed by atoms with E-state index in [1.165, 1.54) is 15.9 Å². The maximum atomic E-state index is 15.3. The first-order chi connectivity index (χ1) is 32.3. The molecule has 0 bridgehead atoms. The van der Waals surface area contributed by atoms with Crippen LogP contribution in [0.3, 0.4) is 0 Å². The fourth-order valence-electron chi connectivity index (χ4n) is 11.0. The number of carbonyl (C=O) groups is 5. The van der Waals surface area contributed by atoms with E-state index >= 15 is 4.79 Å². The lowest BCUT2D eigenvalue weighted by atomic mass is 9.74. The summed E-state index contributed by atoms with van der Waals surface area (Å²) in [6, 6.07) is 13.5. The Kier molecular flexibility index (Phi) is 12.9. The van der Waals surface area contributed by atoms with E-state index in [0.29, 0.717) is 55.4 Å². The van der Waals surface area contributed by atoms with Crippen molar-refractivity contribution >= 4 is 60.3 Å². The van der Waals surface area contributed by atoms with Crippen LogP contribution in [-0.2, 0) is 57.1 Å². The summed E-state index contributed by atoms with van der Waals surface area (Å²) in [6.07, 6.45) is 3.24. The predicted molar refractivity (Wildman–Crippen MR) is 250 cm³/mol. The maximum absolute atomic E-state index is 15.3. The zero-order valence-electron chi connectivity index (χ0n) is 39.2. The highest BCUT2D eigenvalue weighted by Crippen LogP contribution is 2.58. The fraction of sp³-hybridized carbons (Fsp3) is 0.580. The van der Waals surface area contributed by atoms with Crippen LogP contribution in [0.25, 0.3) is 10.8 Å². The number of hydrogen-bond donors (Lipinski definition) is 2. The van der Waals surface area contributed by atoms with Crippen LogP contribution in [0.1, 0.15) is 116 Å². The Morgan fingerprint density at radius 2 is 1.54 bits per heavy atom. The fourth-order valence-corrected chi connectivity index (χ4v) is 13.9. The summed E-state index contributed by atoms with van der Waals surface area (Å²) in [5.74, 6) is -2.62.